The van der Waals surface area contributed by atoms with Crippen molar-refractivity contribution in [3.8, 4) is 0 Å². The van der Waals surface area contributed by atoms with Crippen LogP contribution in [0.3, 0.4) is 0 Å². The molecule has 1 N–H and O–H groups in total. The summed E-state index contributed by atoms with van der Waals surface area (Å²) in [6.45, 7) is 9.21. The molecule has 1 aliphatic rings. The van der Waals surface area contributed by atoms with E-state index < -0.39 is 0 Å². The molecule has 1 aromatic heterocycles. The Morgan fingerprint density at radius 3 is 2.89 bits per heavy atom. The number of nitrogens with one attached hydrogen (secondary N) is 1. The van der Waals surface area contributed by atoms with Crippen molar-refractivity contribution in [3.05, 3.63) is 21.3 Å². The monoisotopic (exact) mass is 300 g/mol. The van der Waals surface area contributed by atoms with E-state index in [-0.39, 0.29) is 0 Å². The summed E-state index contributed by atoms with van der Waals surface area (Å²) < 4.78 is 0.897. The first-order chi connectivity index (χ1) is 9.11. The maximum atomic E-state index is 6.05. The van der Waals surface area contributed by atoms with E-state index in [0.29, 0.717) is 18.1 Å². The van der Waals surface area contributed by atoms with Crippen LogP contribution in [0.25, 0.3) is 0 Å². The SMILES string of the molecule is CCCNC1CCN(C(C)c2ccc(Cl)s2)C(C)C1. The molecular formula is C15H25ClN2S. The molecular weight excluding hydrogens is 276 g/mol. The molecule has 0 saturated carbocycles. The van der Waals surface area contributed by atoms with Crippen LogP contribution in [0.5, 0.6) is 0 Å². The van der Waals surface area contributed by atoms with Crippen molar-refractivity contribution in [1.82, 2.24) is 10.2 Å². The van der Waals surface area contributed by atoms with Crippen molar-refractivity contribution in [1.29, 1.82) is 0 Å². The second kappa shape index (κ2) is 7.07. The van der Waals surface area contributed by atoms with Gasteiger partial charge < -0.3 is 5.32 Å². The molecule has 3 unspecified atom stereocenters. The van der Waals surface area contributed by atoms with Gasteiger partial charge in [-0.3, -0.25) is 4.90 Å². The predicted molar refractivity (Wildman–Crippen MR) is 85.2 cm³/mol. The molecule has 108 valence electrons. The van der Waals surface area contributed by atoms with Gasteiger partial charge in [-0.2, -0.15) is 0 Å². The lowest BCUT2D eigenvalue weighted by molar-refractivity contribution is 0.0971. The summed E-state index contributed by atoms with van der Waals surface area (Å²) in [5.41, 5.74) is 0. The first-order valence-corrected chi connectivity index (χ1v) is 8.55. The average molecular weight is 301 g/mol. The number of nitrogens with zero attached hydrogens (tertiary/aromatic N) is 1. The number of hydrogen-bond donors (Lipinski definition) is 1. The standard InChI is InChI=1S/C15H25ClN2S/c1-4-8-17-13-7-9-18(11(2)10-13)12(3)14-5-6-15(16)19-14/h5-6,11-13,17H,4,7-10H2,1-3H3. The van der Waals surface area contributed by atoms with Crippen LogP contribution in [0.15, 0.2) is 12.1 Å². The maximum absolute atomic E-state index is 6.05. The highest BCUT2D eigenvalue weighted by atomic mass is 35.5. The van der Waals surface area contributed by atoms with Crippen molar-refractivity contribution < 1.29 is 0 Å². The molecule has 2 nitrogen and oxygen atoms in total. The largest absolute Gasteiger partial charge is 0.314 e. The summed E-state index contributed by atoms with van der Waals surface area (Å²) in [7, 11) is 0. The lowest BCUT2D eigenvalue weighted by Gasteiger charge is -2.41. The van der Waals surface area contributed by atoms with Gasteiger partial charge in [0.1, 0.15) is 0 Å². The zero-order chi connectivity index (χ0) is 13.8. The van der Waals surface area contributed by atoms with Crippen LogP contribution in [0.4, 0.5) is 0 Å². The van der Waals surface area contributed by atoms with E-state index >= 15 is 0 Å². The molecule has 0 aliphatic carbocycles. The van der Waals surface area contributed by atoms with E-state index in [2.05, 4.69) is 37.1 Å². The summed E-state index contributed by atoms with van der Waals surface area (Å²) in [5, 5.41) is 3.66. The highest BCUT2D eigenvalue weighted by molar-refractivity contribution is 7.16. The lowest BCUT2D eigenvalue weighted by Crippen LogP contribution is -2.48. The van der Waals surface area contributed by atoms with Crippen molar-refractivity contribution in [2.24, 2.45) is 0 Å². The lowest BCUT2D eigenvalue weighted by atomic mass is 9.96. The molecule has 0 radical (unpaired) electrons. The van der Waals surface area contributed by atoms with Crippen LogP contribution >= 0.6 is 22.9 Å². The number of hydrogen-bond acceptors (Lipinski definition) is 3. The Morgan fingerprint density at radius 2 is 2.32 bits per heavy atom. The zero-order valence-corrected chi connectivity index (χ0v) is 13.7. The average Bonchev–Trinajstić information content (AvgIpc) is 2.82. The molecule has 3 atom stereocenters. The molecule has 1 fully saturated rings. The number of likely N-dealkylation sites (tertiary alicyclic amines) is 1. The van der Waals surface area contributed by atoms with Gasteiger partial charge in [0.05, 0.1) is 4.34 Å². The van der Waals surface area contributed by atoms with E-state index in [1.807, 2.05) is 6.07 Å². The molecule has 4 heteroatoms. The molecule has 1 saturated heterocycles. The molecule has 0 amide bonds. The fourth-order valence-corrected chi connectivity index (χ4v) is 4.15. The molecule has 1 aliphatic heterocycles. The fraction of sp³-hybridized carbons (Fsp3) is 0.733. The highest BCUT2D eigenvalue weighted by Crippen LogP contribution is 2.33. The number of piperidine rings is 1. The van der Waals surface area contributed by atoms with Gasteiger partial charge in [-0.25, -0.2) is 0 Å². The summed E-state index contributed by atoms with van der Waals surface area (Å²) in [4.78, 5) is 4.00. The Labute approximate surface area is 126 Å². The molecule has 2 heterocycles. The third kappa shape index (κ3) is 3.94. The van der Waals surface area contributed by atoms with Gasteiger partial charge in [0, 0.05) is 29.5 Å². The van der Waals surface area contributed by atoms with E-state index in [1.165, 1.54) is 30.7 Å². The van der Waals surface area contributed by atoms with Gasteiger partial charge in [-0.1, -0.05) is 18.5 Å². The van der Waals surface area contributed by atoms with Crippen LogP contribution in [-0.4, -0.2) is 30.1 Å². The molecule has 2 rings (SSSR count). The molecule has 1 aromatic rings. The van der Waals surface area contributed by atoms with Gasteiger partial charge >= 0.3 is 0 Å². The Morgan fingerprint density at radius 1 is 1.53 bits per heavy atom. The molecule has 19 heavy (non-hydrogen) atoms. The van der Waals surface area contributed by atoms with E-state index in [0.717, 1.165) is 10.9 Å². The van der Waals surface area contributed by atoms with Crippen LogP contribution in [0, 0.1) is 0 Å². The van der Waals surface area contributed by atoms with Gasteiger partial charge in [0.25, 0.3) is 0 Å². The zero-order valence-electron chi connectivity index (χ0n) is 12.2. The second-order valence-corrected chi connectivity index (χ2v) is 7.33. The van der Waals surface area contributed by atoms with Gasteiger partial charge in [-0.05, 0) is 51.8 Å². The quantitative estimate of drug-likeness (QED) is 0.871. The molecule has 0 bridgehead atoms. The number of rotatable bonds is 5. The van der Waals surface area contributed by atoms with Crippen molar-refractivity contribution in [2.75, 3.05) is 13.1 Å². The third-order valence-electron chi connectivity index (χ3n) is 4.11. The minimum Gasteiger partial charge on any atom is -0.314 e. The number of halogens is 1. The van der Waals surface area contributed by atoms with Crippen LogP contribution in [0.1, 0.15) is 51.0 Å². The Kier molecular flexibility index (Phi) is 5.70. The second-order valence-electron chi connectivity index (χ2n) is 5.58. The Hall–Kier alpha value is -0.0900. The van der Waals surface area contributed by atoms with Crippen LogP contribution < -0.4 is 5.32 Å². The highest BCUT2D eigenvalue weighted by Gasteiger charge is 2.29. The van der Waals surface area contributed by atoms with Gasteiger partial charge in [-0.15, -0.1) is 11.3 Å². The van der Waals surface area contributed by atoms with Crippen LogP contribution in [0.2, 0.25) is 4.34 Å². The fourth-order valence-electron chi connectivity index (χ4n) is 3.02. The Bertz CT molecular complexity index is 393. The minimum atomic E-state index is 0.486. The van der Waals surface area contributed by atoms with E-state index in [4.69, 9.17) is 11.6 Å². The van der Waals surface area contributed by atoms with Gasteiger partial charge in [0.2, 0.25) is 0 Å². The van der Waals surface area contributed by atoms with E-state index in [1.54, 1.807) is 11.3 Å². The van der Waals surface area contributed by atoms with Crippen molar-refractivity contribution >= 4 is 22.9 Å². The smallest absolute Gasteiger partial charge is 0.0931 e. The number of thiophene rings is 1. The maximum Gasteiger partial charge on any atom is 0.0931 e. The third-order valence-corrected chi connectivity index (χ3v) is 5.52. The first-order valence-electron chi connectivity index (χ1n) is 7.36. The van der Waals surface area contributed by atoms with Gasteiger partial charge in [0.15, 0.2) is 0 Å². The minimum absolute atomic E-state index is 0.486. The molecule has 0 aromatic carbocycles. The topological polar surface area (TPSA) is 15.3 Å². The molecule has 0 spiro atoms. The summed E-state index contributed by atoms with van der Waals surface area (Å²) in [6.07, 6.45) is 3.73. The Balaban J connectivity index is 1.92. The summed E-state index contributed by atoms with van der Waals surface area (Å²) in [6, 6.07) is 6.01. The summed E-state index contributed by atoms with van der Waals surface area (Å²) >= 11 is 7.76. The predicted octanol–water partition coefficient (Wildman–Crippen LogP) is 4.32. The van der Waals surface area contributed by atoms with E-state index in [9.17, 15) is 0 Å². The first kappa shape index (κ1) is 15.3. The van der Waals surface area contributed by atoms with Crippen molar-refractivity contribution in [2.45, 2.75) is 58.2 Å². The normalized spacial score (nSPS) is 26.5. The van der Waals surface area contributed by atoms with Crippen LogP contribution in [-0.2, 0) is 0 Å². The van der Waals surface area contributed by atoms with Crippen molar-refractivity contribution in [3.63, 3.8) is 0 Å². The summed E-state index contributed by atoms with van der Waals surface area (Å²) in [5.74, 6) is 0.